The lowest BCUT2D eigenvalue weighted by atomic mass is 9.86. The monoisotopic (exact) mass is 206 g/mol. The van der Waals surface area contributed by atoms with E-state index in [1.54, 1.807) is 0 Å². The van der Waals surface area contributed by atoms with Crippen molar-refractivity contribution < 1.29 is 4.58 Å². The Hall–Kier alpha value is -0.850. The Morgan fingerprint density at radius 3 is 2.07 bits per heavy atom. The van der Waals surface area contributed by atoms with Gasteiger partial charge < -0.3 is 0 Å². The van der Waals surface area contributed by atoms with Gasteiger partial charge in [0.15, 0.2) is 17.5 Å². The summed E-state index contributed by atoms with van der Waals surface area (Å²) in [5.74, 6) is 0. The van der Waals surface area contributed by atoms with Crippen LogP contribution in [-0.2, 0) is 0 Å². The number of hydrogen-bond donors (Lipinski definition) is 0. The molecule has 84 valence electrons. The van der Waals surface area contributed by atoms with Crippen LogP contribution in [0.3, 0.4) is 0 Å². The molecule has 0 aromatic rings. The van der Waals surface area contributed by atoms with Gasteiger partial charge in [-0.2, -0.15) is 0 Å². The Kier molecular flexibility index (Phi) is 3.22. The van der Waals surface area contributed by atoms with Gasteiger partial charge in [0.2, 0.25) is 0 Å². The molecule has 0 spiro atoms. The summed E-state index contributed by atoms with van der Waals surface area (Å²) >= 11 is 0. The summed E-state index contributed by atoms with van der Waals surface area (Å²) in [5, 5.41) is 0. The molecule has 1 heteroatoms. The van der Waals surface area contributed by atoms with Crippen LogP contribution in [0, 0.1) is 5.41 Å². The second-order valence-electron chi connectivity index (χ2n) is 6.21. The molecule has 1 nitrogen and oxygen atoms in total. The van der Waals surface area contributed by atoms with Crippen molar-refractivity contribution in [3.05, 3.63) is 24.4 Å². The molecule has 0 unspecified atom stereocenters. The van der Waals surface area contributed by atoms with E-state index in [9.17, 15) is 0 Å². The minimum Gasteiger partial charge on any atom is -0.201 e. The minimum absolute atomic E-state index is 0.158. The molecule has 0 aliphatic carbocycles. The van der Waals surface area contributed by atoms with Crippen LogP contribution in [0.5, 0.6) is 0 Å². The first-order valence-electron chi connectivity index (χ1n) is 5.72. The van der Waals surface area contributed by atoms with Gasteiger partial charge in [-0.15, -0.1) is 0 Å². The van der Waals surface area contributed by atoms with E-state index in [1.165, 1.54) is 5.71 Å². The third-order valence-corrected chi connectivity index (χ3v) is 2.67. The van der Waals surface area contributed by atoms with Crippen molar-refractivity contribution in [2.75, 3.05) is 0 Å². The van der Waals surface area contributed by atoms with Crippen LogP contribution < -0.4 is 0 Å². The number of nitrogens with zero attached hydrogens (tertiary/aromatic N) is 1. The molecule has 0 saturated heterocycles. The van der Waals surface area contributed by atoms with Crippen molar-refractivity contribution in [2.24, 2.45) is 5.41 Å². The second kappa shape index (κ2) is 3.96. The predicted octanol–water partition coefficient (Wildman–Crippen LogP) is 3.76. The smallest absolute Gasteiger partial charge is 0.169 e. The maximum Gasteiger partial charge on any atom is 0.169 e. The van der Waals surface area contributed by atoms with Gasteiger partial charge in [0.05, 0.1) is 0 Å². The fourth-order valence-corrected chi connectivity index (χ4v) is 1.88. The summed E-state index contributed by atoms with van der Waals surface area (Å²) < 4.78 is 2.41. The van der Waals surface area contributed by atoms with E-state index in [0.717, 1.165) is 6.42 Å². The molecule has 0 bridgehead atoms. The van der Waals surface area contributed by atoms with E-state index in [0.29, 0.717) is 0 Å². The molecule has 0 fully saturated rings. The number of rotatable bonds is 0. The average molecular weight is 206 g/mol. The highest BCUT2D eigenvalue weighted by atomic mass is 15.1. The Labute approximate surface area is 94.2 Å². The molecule has 1 rings (SSSR count). The van der Waals surface area contributed by atoms with Gasteiger partial charge in [-0.3, -0.25) is 0 Å². The summed E-state index contributed by atoms with van der Waals surface area (Å²) in [4.78, 5) is 0. The van der Waals surface area contributed by atoms with Crippen LogP contribution in [-0.4, -0.2) is 15.8 Å². The van der Waals surface area contributed by atoms with Crippen molar-refractivity contribution in [3.8, 4) is 0 Å². The fraction of sp³-hybridized carbons (Fsp3) is 0.643. The SMILES string of the molecule is CC(C)(C)C1=[N+](C(C)(C)C)C=CC=CC1. The molecule has 0 atom stereocenters. The van der Waals surface area contributed by atoms with Crippen molar-refractivity contribution in [2.45, 2.75) is 53.5 Å². The van der Waals surface area contributed by atoms with Crippen molar-refractivity contribution in [1.82, 2.24) is 0 Å². The first-order valence-corrected chi connectivity index (χ1v) is 5.72. The molecule has 1 aliphatic heterocycles. The largest absolute Gasteiger partial charge is 0.201 e. The van der Waals surface area contributed by atoms with Gasteiger partial charge in [-0.05, 0) is 0 Å². The standard InChI is InChI=1S/C14H24N/c1-13(2,3)12-10-8-7-9-11-15(12)14(4,5)6/h7-9,11H,10H2,1-6H3/q+1. The summed E-state index contributed by atoms with van der Waals surface area (Å²) in [6.45, 7) is 13.6. The summed E-state index contributed by atoms with van der Waals surface area (Å²) in [7, 11) is 0. The topological polar surface area (TPSA) is 3.01 Å². The average Bonchev–Trinajstić information content (AvgIpc) is 2.24. The molecule has 0 radical (unpaired) electrons. The molecular weight excluding hydrogens is 182 g/mol. The van der Waals surface area contributed by atoms with Crippen LogP contribution >= 0.6 is 0 Å². The summed E-state index contributed by atoms with van der Waals surface area (Å²) in [6, 6.07) is 0. The van der Waals surface area contributed by atoms with Gasteiger partial charge >= 0.3 is 0 Å². The molecule has 0 saturated carbocycles. The number of allylic oxidation sites excluding steroid dienone is 3. The normalized spacial score (nSPS) is 18.3. The highest BCUT2D eigenvalue weighted by Crippen LogP contribution is 2.23. The zero-order valence-corrected chi connectivity index (χ0v) is 11.0. The maximum atomic E-state index is 2.41. The molecule has 1 heterocycles. The third-order valence-electron chi connectivity index (χ3n) is 2.67. The van der Waals surface area contributed by atoms with Crippen molar-refractivity contribution in [3.63, 3.8) is 0 Å². The third kappa shape index (κ3) is 3.05. The first kappa shape index (κ1) is 12.2. The zero-order chi connectivity index (χ0) is 11.7. The minimum atomic E-state index is 0.158. The summed E-state index contributed by atoms with van der Waals surface area (Å²) in [5.41, 5.74) is 1.87. The highest BCUT2D eigenvalue weighted by Gasteiger charge is 2.33. The van der Waals surface area contributed by atoms with Crippen LogP contribution in [0.25, 0.3) is 0 Å². The maximum absolute atomic E-state index is 2.41. The molecule has 15 heavy (non-hydrogen) atoms. The molecule has 0 N–H and O–H groups in total. The lowest BCUT2D eigenvalue weighted by molar-refractivity contribution is -0.538. The Bertz CT molecular complexity index is 316. The van der Waals surface area contributed by atoms with Crippen molar-refractivity contribution in [1.29, 1.82) is 0 Å². The van der Waals surface area contributed by atoms with Crippen LogP contribution in [0.1, 0.15) is 48.0 Å². The zero-order valence-electron chi connectivity index (χ0n) is 11.0. The van der Waals surface area contributed by atoms with Gasteiger partial charge in [-0.1, -0.05) is 32.9 Å². The molecular formula is C14H24N+. The van der Waals surface area contributed by atoms with Crippen LogP contribution in [0.15, 0.2) is 24.4 Å². The van der Waals surface area contributed by atoms with E-state index >= 15 is 0 Å². The lowest BCUT2D eigenvalue weighted by Crippen LogP contribution is -2.39. The summed E-state index contributed by atoms with van der Waals surface area (Å²) in [6.07, 6.45) is 9.75. The van der Waals surface area contributed by atoms with Crippen LogP contribution in [0.4, 0.5) is 0 Å². The van der Waals surface area contributed by atoms with E-state index in [1.807, 2.05) is 0 Å². The predicted molar refractivity (Wildman–Crippen MR) is 67.4 cm³/mol. The second-order valence-corrected chi connectivity index (χ2v) is 6.21. The Morgan fingerprint density at radius 1 is 1.00 bits per heavy atom. The van der Waals surface area contributed by atoms with E-state index in [4.69, 9.17) is 0 Å². The van der Waals surface area contributed by atoms with Gasteiger partial charge in [-0.25, -0.2) is 4.58 Å². The van der Waals surface area contributed by atoms with E-state index in [-0.39, 0.29) is 11.0 Å². The Balaban J connectivity index is 3.28. The number of hydrogen-bond acceptors (Lipinski definition) is 0. The van der Waals surface area contributed by atoms with E-state index in [2.05, 4.69) is 70.5 Å². The quantitative estimate of drug-likeness (QED) is 0.531. The molecule has 0 aromatic heterocycles. The Morgan fingerprint density at radius 2 is 1.60 bits per heavy atom. The first-order chi connectivity index (χ1) is 6.73. The molecule has 1 aliphatic rings. The van der Waals surface area contributed by atoms with Crippen LogP contribution in [0.2, 0.25) is 0 Å². The van der Waals surface area contributed by atoms with Gasteiger partial charge in [0, 0.05) is 38.7 Å². The van der Waals surface area contributed by atoms with Gasteiger partial charge in [0.25, 0.3) is 0 Å². The fourth-order valence-electron chi connectivity index (χ4n) is 1.88. The van der Waals surface area contributed by atoms with Crippen molar-refractivity contribution >= 4 is 5.71 Å². The molecule has 0 amide bonds. The lowest BCUT2D eigenvalue weighted by Gasteiger charge is -2.24. The van der Waals surface area contributed by atoms with E-state index < -0.39 is 0 Å². The van der Waals surface area contributed by atoms with Gasteiger partial charge in [0.1, 0.15) is 0 Å². The highest BCUT2D eigenvalue weighted by molar-refractivity contribution is 5.86. The molecule has 0 aromatic carbocycles.